The smallest absolute Gasteiger partial charge is 0.244 e. The first-order valence-corrected chi connectivity index (χ1v) is 7.27. The summed E-state index contributed by atoms with van der Waals surface area (Å²) in [6.45, 7) is 2.39. The van der Waals surface area contributed by atoms with Crippen LogP contribution in [0.1, 0.15) is 18.5 Å². The van der Waals surface area contributed by atoms with Crippen LogP contribution in [0.4, 0.5) is 5.69 Å². The number of amides is 1. The molecule has 1 aromatic carbocycles. The Hall–Kier alpha value is -1.59. The molecule has 0 radical (unpaired) electrons. The Kier molecular flexibility index (Phi) is 4.98. The standard InChI is InChI=1S/C15H18BrN3O/c1-11(17-2)12-7-8-19(9-12)10-15(20)18-14-6-4-3-5-13(14)16/h3-9,11,17H,10H2,1-2H3,(H,18,20). The van der Waals surface area contributed by atoms with Crippen molar-refractivity contribution in [3.05, 3.63) is 52.8 Å². The minimum absolute atomic E-state index is 0.0452. The number of anilines is 1. The van der Waals surface area contributed by atoms with E-state index in [4.69, 9.17) is 0 Å². The summed E-state index contributed by atoms with van der Waals surface area (Å²) in [5.41, 5.74) is 1.95. The number of hydrogen-bond acceptors (Lipinski definition) is 2. The van der Waals surface area contributed by atoms with E-state index in [9.17, 15) is 4.79 Å². The van der Waals surface area contributed by atoms with Gasteiger partial charge >= 0.3 is 0 Å². The summed E-state index contributed by atoms with van der Waals surface area (Å²) < 4.78 is 2.76. The molecule has 1 unspecified atom stereocenters. The van der Waals surface area contributed by atoms with Crippen molar-refractivity contribution in [2.24, 2.45) is 0 Å². The lowest BCUT2D eigenvalue weighted by Crippen LogP contribution is -2.18. The normalized spacial score (nSPS) is 12.2. The Balaban J connectivity index is 1.98. The van der Waals surface area contributed by atoms with Crippen LogP contribution in [0.2, 0.25) is 0 Å². The second-order valence-corrected chi connectivity index (χ2v) is 5.51. The monoisotopic (exact) mass is 335 g/mol. The van der Waals surface area contributed by atoms with Crippen LogP contribution in [0.15, 0.2) is 47.2 Å². The lowest BCUT2D eigenvalue weighted by atomic mass is 10.2. The number of hydrogen-bond donors (Lipinski definition) is 2. The summed E-state index contributed by atoms with van der Waals surface area (Å²) in [6, 6.07) is 9.87. The molecule has 0 aliphatic carbocycles. The average Bonchev–Trinajstić information content (AvgIpc) is 2.89. The maximum Gasteiger partial charge on any atom is 0.244 e. The molecule has 5 heteroatoms. The number of carbonyl (C=O) groups is 1. The van der Waals surface area contributed by atoms with Crippen LogP contribution >= 0.6 is 15.9 Å². The van der Waals surface area contributed by atoms with Gasteiger partial charge in [0.2, 0.25) is 5.91 Å². The van der Waals surface area contributed by atoms with Crippen molar-refractivity contribution in [1.82, 2.24) is 9.88 Å². The Bertz CT molecular complexity index is 594. The second-order valence-electron chi connectivity index (χ2n) is 4.66. The summed E-state index contributed by atoms with van der Waals surface area (Å²) in [5, 5.41) is 6.06. The van der Waals surface area contributed by atoms with Crippen LogP contribution in [0.3, 0.4) is 0 Å². The summed E-state index contributed by atoms with van der Waals surface area (Å²) in [6.07, 6.45) is 3.91. The van der Waals surface area contributed by atoms with Gasteiger partial charge in [0, 0.05) is 22.9 Å². The van der Waals surface area contributed by atoms with Gasteiger partial charge < -0.3 is 15.2 Å². The van der Waals surface area contributed by atoms with Gasteiger partial charge in [0.15, 0.2) is 0 Å². The molecule has 4 nitrogen and oxygen atoms in total. The van der Waals surface area contributed by atoms with Gasteiger partial charge in [0.25, 0.3) is 0 Å². The largest absolute Gasteiger partial charge is 0.345 e. The lowest BCUT2D eigenvalue weighted by Gasteiger charge is -2.09. The van der Waals surface area contributed by atoms with Crippen molar-refractivity contribution in [2.45, 2.75) is 19.5 Å². The molecule has 0 fully saturated rings. The average molecular weight is 336 g/mol. The maximum atomic E-state index is 12.0. The Labute approximate surface area is 127 Å². The number of benzene rings is 1. The molecule has 0 saturated heterocycles. The van der Waals surface area contributed by atoms with Gasteiger partial charge in [-0.2, -0.15) is 0 Å². The molecule has 1 atom stereocenters. The highest BCUT2D eigenvalue weighted by molar-refractivity contribution is 9.10. The van der Waals surface area contributed by atoms with Crippen LogP contribution < -0.4 is 10.6 Å². The van der Waals surface area contributed by atoms with Crippen LogP contribution in [-0.4, -0.2) is 17.5 Å². The van der Waals surface area contributed by atoms with Gasteiger partial charge in [-0.15, -0.1) is 0 Å². The van der Waals surface area contributed by atoms with Crippen molar-refractivity contribution in [3.8, 4) is 0 Å². The topological polar surface area (TPSA) is 46.1 Å². The highest BCUT2D eigenvalue weighted by atomic mass is 79.9. The fourth-order valence-electron chi connectivity index (χ4n) is 1.90. The fourth-order valence-corrected chi connectivity index (χ4v) is 2.28. The SMILES string of the molecule is CNC(C)c1ccn(CC(=O)Nc2ccccc2Br)c1. The molecule has 2 aromatic rings. The van der Waals surface area contributed by atoms with Crippen molar-refractivity contribution < 1.29 is 4.79 Å². The van der Waals surface area contributed by atoms with E-state index in [1.807, 2.05) is 54.3 Å². The predicted octanol–water partition coefficient (Wildman–Crippen LogP) is 3.17. The van der Waals surface area contributed by atoms with Gasteiger partial charge in [-0.1, -0.05) is 12.1 Å². The molecular formula is C15H18BrN3O. The quantitative estimate of drug-likeness (QED) is 0.881. The van der Waals surface area contributed by atoms with Gasteiger partial charge in [0.1, 0.15) is 6.54 Å². The van der Waals surface area contributed by atoms with E-state index in [1.165, 1.54) is 5.56 Å². The van der Waals surface area contributed by atoms with Crippen LogP contribution in [0, 0.1) is 0 Å². The molecule has 0 saturated carbocycles. The number of nitrogens with one attached hydrogen (secondary N) is 2. The number of carbonyl (C=O) groups excluding carboxylic acids is 1. The highest BCUT2D eigenvalue weighted by Gasteiger charge is 2.08. The zero-order chi connectivity index (χ0) is 14.5. The van der Waals surface area contributed by atoms with E-state index >= 15 is 0 Å². The molecule has 0 spiro atoms. The molecular weight excluding hydrogens is 318 g/mol. The molecule has 1 aromatic heterocycles. The van der Waals surface area contributed by atoms with Gasteiger partial charge in [-0.3, -0.25) is 4.79 Å². The third-order valence-electron chi connectivity index (χ3n) is 3.18. The first-order chi connectivity index (χ1) is 9.60. The van der Waals surface area contributed by atoms with Crippen molar-refractivity contribution in [2.75, 3.05) is 12.4 Å². The zero-order valence-corrected chi connectivity index (χ0v) is 13.1. The molecule has 2 rings (SSSR count). The molecule has 106 valence electrons. The minimum Gasteiger partial charge on any atom is -0.345 e. The number of nitrogens with zero attached hydrogens (tertiary/aromatic N) is 1. The van der Waals surface area contributed by atoms with Crippen molar-refractivity contribution in [3.63, 3.8) is 0 Å². The van der Waals surface area contributed by atoms with Gasteiger partial charge in [0.05, 0.1) is 5.69 Å². The lowest BCUT2D eigenvalue weighted by molar-refractivity contribution is -0.116. The van der Waals surface area contributed by atoms with E-state index < -0.39 is 0 Å². The molecule has 1 amide bonds. The second kappa shape index (κ2) is 6.72. The molecule has 2 N–H and O–H groups in total. The van der Waals surface area contributed by atoms with E-state index in [0.29, 0.717) is 6.54 Å². The predicted molar refractivity (Wildman–Crippen MR) is 84.7 cm³/mol. The molecule has 0 aliphatic rings. The van der Waals surface area contributed by atoms with Gasteiger partial charge in [-0.25, -0.2) is 0 Å². The van der Waals surface area contributed by atoms with Crippen molar-refractivity contribution >= 4 is 27.5 Å². The number of halogens is 1. The Morgan fingerprint density at radius 1 is 1.35 bits per heavy atom. The first-order valence-electron chi connectivity index (χ1n) is 6.47. The first kappa shape index (κ1) is 14.8. The minimum atomic E-state index is -0.0452. The zero-order valence-electron chi connectivity index (χ0n) is 11.6. The molecule has 1 heterocycles. The van der Waals surface area contributed by atoms with Crippen molar-refractivity contribution in [1.29, 1.82) is 0 Å². The fraction of sp³-hybridized carbons (Fsp3) is 0.267. The van der Waals surface area contributed by atoms with E-state index in [-0.39, 0.29) is 11.9 Å². The third-order valence-corrected chi connectivity index (χ3v) is 3.87. The summed E-state index contributed by atoms with van der Waals surface area (Å²) >= 11 is 3.41. The summed E-state index contributed by atoms with van der Waals surface area (Å²) in [7, 11) is 1.92. The Morgan fingerprint density at radius 2 is 2.10 bits per heavy atom. The van der Waals surface area contributed by atoms with Crippen LogP contribution in [0.5, 0.6) is 0 Å². The Morgan fingerprint density at radius 3 is 2.80 bits per heavy atom. The van der Waals surface area contributed by atoms with Gasteiger partial charge in [-0.05, 0) is 53.7 Å². The number of rotatable bonds is 5. The number of aromatic nitrogens is 1. The van der Waals surface area contributed by atoms with Crippen LogP contribution in [0.25, 0.3) is 0 Å². The molecule has 0 aliphatic heterocycles. The molecule has 20 heavy (non-hydrogen) atoms. The van der Waals surface area contributed by atoms with E-state index in [1.54, 1.807) is 0 Å². The van der Waals surface area contributed by atoms with E-state index in [0.717, 1.165) is 10.2 Å². The third kappa shape index (κ3) is 3.71. The number of para-hydroxylation sites is 1. The highest BCUT2D eigenvalue weighted by Crippen LogP contribution is 2.21. The van der Waals surface area contributed by atoms with Crippen LogP contribution in [-0.2, 0) is 11.3 Å². The summed E-state index contributed by atoms with van der Waals surface area (Å²) in [4.78, 5) is 12.0. The summed E-state index contributed by atoms with van der Waals surface area (Å²) in [5.74, 6) is -0.0452. The van der Waals surface area contributed by atoms with E-state index in [2.05, 4.69) is 33.5 Å². The maximum absolute atomic E-state index is 12.0. The molecule has 0 bridgehead atoms.